The highest BCUT2D eigenvalue weighted by Gasteiger charge is 2.33. The van der Waals surface area contributed by atoms with Crippen molar-refractivity contribution in [2.75, 3.05) is 46.9 Å². The van der Waals surface area contributed by atoms with Crippen molar-refractivity contribution in [2.45, 2.75) is 25.8 Å². The third kappa shape index (κ3) is 7.34. The molecule has 1 atom stereocenters. The van der Waals surface area contributed by atoms with Crippen LogP contribution in [0.5, 0.6) is 11.5 Å². The quantitative estimate of drug-likeness (QED) is 0.348. The molecule has 1 saturated heterocycles. The number of methoxy groups -OCH3 is 2. The monoisotopic (exact) mass is 565 g/mol. The molecule has 2 aliphatic heterocycles. The van der Waals surface area contributed by atoms with Gasteiger partial charge in [-0.05, 0) is 73.3 Å². The molecule has 2 amide bonds. The normalized spacial score (nSPS) is 17.9. The fourth-order valence-electron chi connectivity index (χ4n) is 5.07. The van der Waals surface area contributed by atoms with E-state index in [1.165, 1.54) is 12.1 Å². The predicted molar refractivity (Wildman–Crippen MR) is 138 cm³/mol. The van der Waals surface area contributed by atoms with E-state index in [1.807, 2.05) is 21.9 Å². The smallest absolute Gasteiger partial charge is 0.491 e. The Labute approximate surface area is 226 Å². The summed E-state index contributed by atoms with van der Waals surface area (Å²) in [5.74, 6) is -0.272. The van der Waals surface area contributed by atoms with Crippen molar-refractivity contribution < 1.29 is 42.4 Å². The maximum atomic E-state index is 13.5. The van der Waals surface area contributed by atoms with E-state index in [9.17, 15) is 28.3 Å². The van der Waals surface area contributed by atoms with Gasteiger partial charge in [0.25, 0.3) is 5.91 Å². The zero-order valence-electron chi connectivity index (χ0n) is 21.9. The number of fused-ring (bicyclic) bond motifs is 1. The molecule has 1 fully saturated rings. The molecule has 0 spiro atoms. The molecule has 0 aliphatic carbocycles. The van der Waals surface area contributed by atoms with Gasteiger partial charge in [0, 0.05) is 31.7 Å². The molecule has 2 aromatic carbocycles. The van der Waals surface area contributed by atoms with E-state index in [0.29, 0.717) is 49.2 Å². The van der Waals surface area contributed by atoms with Crippen molar-refractivity contribution in [1.82, 2.24) is 14.9 Å². The van der Waals surface area contributed by atoms with Crippen LogP contribution in [0, 0.1) is 11.7 Å². The molecule has 2 N–H and O–H groups in total. The van der Waals surface area contributed by atoms with Crippen LogP contribution >= 0.6 is 7.82 Å². The molecule has 0 aromatic heterocycles. The number of nitrogens with zero attached hydrogens (tertiary/aromatic N) is 3. The standard InChI is InChI=1S/C26H33FN3O8P/c1-36-23-14-19-9-11-29(17-21(19)15-24(23)37-2)25(31)20-4-3-10-28(16-20)12-13-30(38-39(33,34)35)26(32)18-5-7-22(27)8-6-18/h5-8,14-15,20H,3-4,9-13,16-17H2,1-2H3,(H2,33,34,35)/t20-/m1/s1. The van der Waals surface area contributed by atoms with Crippen molar-refractivity contribution in [3.63, 3.8) is 0 Å². The zero-order valence-corrected chi connectivity index (χ0v) is 22.8. The topological polar surface area (TPSA) is 129 Å². The van der Waals surface area contributed by atoms with Gasteiger partial charge in [0.15, 0.2) is 11.5 Å². The second-order valence-electron chi connectivity index (χ2n) is 9.61. The summed E-state index contributed by atoms with van der Waals surface area (Å²) in [7, 11) is -1.86. The zero-order chi connectivity index (χ0) is 28.2. The number of phosphoric acid groups is 1. The second-order valence-corrected chi connectivity index (χ2v) is 10.8. The van der Waals surface area contributed by atoms with Crippen LogP contribution in [0.3, 0.4) is 0 Å². The molecule has 0 saturated carbocycles. The van der Waals surface area contributed by atoms with Gasteiger partial charge in [-0.3, -0.25) is 9.59 Å². The van der Waals surface area contributed by atoms with Crippen LogP contribution in [0.2, 0.25) is 0 Å². The average Bonchev–Trinajstić information content (AvgIpc) is 2.93. The van der Waals surface area contributed by atoms with Crippen LogP contribution < -0.4 is 9.47 Å². The Kier molecular flexibility index (Phi) is 9.24. The number of carbonyl (C=O) groups is 2. The third-order valence-electron chi connectivity index (χ3n) is 7.03. The number of piperidine rings is 1. The van der Waals surface area contributed by atoms with Crippen LogP contribution in [0.4, 0.5) is 4.39 Å². The van der Waals surface area contributed by atoms with Crippen molar-refractivity contribution in [1.29, 1.82) is 0 Å². The van der Waals surface area contributed by atoms with Crippen molar-refractivity contribution in [3.8, 4) is 11.5 Å². The van der Waals surface area contributed by atoms with Crippen molar-refractivity contribution in [3.05, 3.63) is 58.9 Å². The van der Waals surface area contributed by atoms with Crippen molar-refractivity contribution in [2.24, 2.45) is 5.92 Å². The second kappa shape index (κ2) is 12.4. The molecule has 0 radical (unpaired) electrons. The molecule has 0 unspecified atom stereocenters. The molecule has 212 valence electrons. The molecule has 0 bridgehead atoms. The fourth-order valence-corrected chi connectivity index (χ4v) is 5.48. The van der Waals surface area contributed by atoms with Crippen LogP contribution in [0.1, 0.15) is 34.3 Å². The lowest BCUT2D eigenvalue weighted by Gasteiger charge is -2.37. The summed E-state index contributed by atoms with van der Waals surface area (Å²) >= 11 is 0. The number of halogens is 1. The Hall–Kier alpha value is -3.02. The van der Waals surface area contributed by atoms with E-state index in [0.717, 1.165) is 36.1 Å². The first kappa shape index (κ1) is 29.0. The van der Waals surface area contributed by atoms with Gasteiger partial charge in [-0.1, -0.05) is 0 Å². The minimum absolute atomic E-state index is 0.0242. The van der Waals surface area contributed by atoms with Gasteiger partial charge in [0.1, 0.15) is 5.82 Å². The van der Waals surface area contributed by atoms with Crippen LogP contribution in [-0.2, 0) is 26.9 Å². The minimum atomic E-state index is -5.02. The molecule has 2 aliphatic rings. The first-order valence-corrected chi connectivity index (χ1v) is 14.2. The van der Waals surface area contributed by atoms with Gasteiger partial charge in [-0.25, -0.2) is 14.0 Å². The molecular weight excluding hydrogens is 532 g/mol. The maximum absolute atomic E-state index is 13.5. The van der Waals surface area contributed by atoms with Gasteiger partial charge in [0.05, 0.1) is 26.7 Å². The van der Waals surface area contributed by atoms with E-state index in [1.54, 1.807) is 14.2 Å². The van der Waals surface area contributed by atoms with Gasteiger partial charge in [-0.15, -0.1) is 0 Å². The predicted octanol–water partition coefficient (Wildman–Crippen LogP) is 2.61. The summed E-state index contributed by atoms with van der Waals surface area (Å²) in [6.45, 7) is 2.26. The van der Waals surface area contributed by atoms with Gasteiger partial charge in [0.2, 0.25) is 5.91 Å². The number of rotatable bonds is 9. The van der Waals surface area contributed by atoms with Gasteiger partial charge >= 0.3 is 7.82 Å². The maximum Gasteiger partial charge on any atom is 0.491 e. The highest BCUT2D eigenvalue weighted by molar-refractivity contribution is 7.46. The molecule has 13 heteroatoms. The Balaban J connectivity index is 1.38. The SMILES string of the molecule is COc1cc2c(cc1OC)CN(C(=O)[C@@H]1CCCN(CCN(OP(=O)(O)O)C(=O)c3ccc(F)cc3)C1)CC2. The van der Waals surface area contributed by atoms with Gasteiger partial charge < -0.3 is 29.1 Å². The highest BCUT2D eigenvalue weighted by atomic mass is 31.2. The number of carbonyl (C=O) groups excluding carboxylic acids is 2. The Bertz CT molecular complexity index is 1240. The summed E-state index contributed by atoms with van der Waals surface area (Å²) in [4.78, 5) is 48.7. The Morgan fingerprint density at radius 2 is 1.74 bits per heavy atom. The number of amides is 2. The fraction of sp³-hybridized carbons (Fsp3) is 0.462. The van der Waals surface area contributed by atoms with Crippen LogP contribution in [0.25, 0.3) is 0 Å². The summed E-state index contributed by atoms with van der Waals surface area (Å²) in [5.41, 5.74) is 2.17. The summed E-state index contributed by atoms with van der Waals surface area (Å²) in [6.07, 6.45) is 2.19. The molecule has 4 rings (SSSR count). The summed E-state index contributed by atoms with van der Waals surface area (Å²) < 4.78 is 40.2. The first-order chi connectivity index (χ1) is 18.6. The summed E-state index contributed by atoms with van der Waals surface area (Å²) in [5, 5.41) is 0.600. The van der Waals surface area contributed by atoms with E-state index in [-0.39, 0.29) is 30.5 Å². The number of hydrogen-bond acceptors (Lipinski definition) is 7. The molecule has 11 nitrogen and oxygen atoms in total. The molecule has 2 heterocycles. The minimum Gasteiger partial charge on any atom is -0.493 e. The van der Waals surface area contributed by atoms with E-state index < -0.39 is 19.5 Å². The van der Waals surface area contributed by atoms with E-state index >= 15 is 0 Å². The van der Waals surface area contributed by atoms with E-state index in [4.69, 9.17) is 9.47 Å². The number of ether oxygens (including phenoxy) is 2. The molecular formula is C26H33FN3O8P. The summed E-state index contributed by atoms with van der Waals surface area (Å²) in [6, 6.07) is 8.45. The third-order valence-corrected chi connectivity index (χ3v) is 7.44. The first-order valence-electron chi connectivity index (χ1n) is 12.7. The lowest BCUT2D eigenvalue weighted by atomic mass is 9.93. The number of benzene rings is 2. The van der Waals surface area contributed by atoms with Gasteiger partial charge in [-0.2, -0.15) is 4.62 Å². The Morgan fingerprint density at radius 3 is 2.38 bits per heavy atom. The van der Waals surface area contributed by atoms with Crippen LogP contribution in [-0.4, -0.2) is 83.4 Å². The largest absolute Gasteiger partial charge is 0.493 e. The lowest BCUT2D eigenvalue weighted by Crippen LogP contribution is -2.48. The number of hydroxylamine groups is 2. The number of likely N-dealkylation sites (tertiary alicyclic amines) is 1. The highest BCUT2D eigenvalue weighted by Crippen LogP contribution is 2.38. The van der Waals surface area contributed by atoms with E-state index in [2.05, 4.69) is 4.62 Å². The van der Waals surface area contributed by atoms with Crippen molar-refractivity contribution >= 4 is 19.6 Å². The molecule has 2 aromatic rings. The number of hydrogen-bond donors (Lipinski definition) is 2. The average molecular weight is 566 g/mol. The molecule has 39 heavy (non-hydrogen) atoms. The lowest BCUT2D eigenvalue weighted by molar-refractivity contribution is -0.138. The Morgan fingerprint density at radius 1 is 1.08 bits per heavy atom. The van der Waals surface area contributed by atoms with Crippen LogP contribution in [0.15, 0.2) is 36.4 Å².